The summed E-state index contributed by atoms with van der Waals surface area (Å²) in [7, 11) is 0. The molecule has 115 valence electrons. The van der Waals surface area contributed by atoms with Crippen LogP contribution in [0.1, 0.15) is 0 Å². The molecule has 0 saturated carbocycles. The maximum atomic E-state index is 3.50. The molecule has 0 fully saturated rings. The van der Waals surface area contributed by atoms with Crippen molar-refractivity contribution in [3.05, 3.63) is 103 Å². The van der Waals surface area contributed by atoms with Crippen LogP contribution in [0.4, 0.5) is 17.1 Å². The monoisotopic (exact) mass is 309 g/mol. The van der Waals surface area contributed by atoms with Crippen LogP contribution in [0.15, 0.2) is 97.1 Å². The van der Waals surface area contributed by atoms with E-state index in [-0.39, 0.29) is 0 Å². The lowest BCUT2D eigenvalue weighted by Gasteiger charge is -2.27. The smallest absolute Gasteiger partial charge is 0.0636 e. The third kappa shape index (κ3) is 2.95. The van der Waals surface area contributed by atoms with Crippen LogP contribution in [-0.2, 0) is 0 Å². The van der Waals surface area contributed by atoms with Crippen molar-refractivity contribution in [1.82, 2.24) is 0 Å². The lowest BCUT2D eigenvalue weighted by atomic mass is 10.1. The Bertz CT molecular complexity index is 933. The van der Waals surface area contributed by atoms with E-state index < -0.39 is 0 Å². The van der Waals surface area contributed by atoms with Crippen molar-refractivity contribution in [1.29, 1.82) is 0 Å². The Morgan fingerprint density at radius 3 is 2.12 bits per heavy atom. The Balaban J connectivity index is 1.78. The van der Waals surface area contributed by atoms with Crippen LogP contribution in [0, 0.1) is 6.07 Å². The predicted octanol–water partition coefficient (Wildman–Crippen LogP) is 5.81. The number of nitrogens with one attached hydrogen (secondary N) is 1. The van der Waals surface area contributed by atoms with Gasteiger partial charge >= 0.3 is 0 Å². The van der Waals surface area contributed by atoms with E-state index in [1.807, 2.05) is 42.5 Å². The number of fused-ring (bicyclic) bond motifs is 1. The van der Waals surface area contributed by atoms with E-state index in [2.05, 4.69) is 71.1 Å². The van der Waals surface area contributed by atoms with Crippen molar-refractivity contribution in [3.63, 3.8) is 0 Å². The first kappa shape index (κ1) is 14.3. The molecule has 1 radical (unpaired) electrons. The predicted molar refractivity (Wildman–Crippen MR) is 101 cm³/mol. The van der Waals surface area contributed by atoms with Crippen molar-refractivity contribution in [2.75, 3.05) is 10.4 Å². The molecule has 24 heavy (non-hydrogen) atoms. The van der Waals surface area contributed by atoms with Gasteiger partial charge in [-0.1, -0.05) is 60.7 Å². The number of para-hydroxylation sites is 1. The number of hydrogen-bond acceptors (Lipinski definition) is 2. The van der Waals surface area contributed by atoms with Crippen molar-refractivity contribution in [2.24, 2.45) is 0 Å². The Labute approximate surface area is 142 Å². The number of hydrazine groups is 1. The third-order valence-electron chi connectivity index (χ3n) is 3.96. The van der Waals surface area contributed by atoms with Gasteiger partial charge in [0, 0.05) is 0 Å². The van der Waals surface area contributed by atoms with E-state index >= 15 is 0 Å². The van der Waals surface area contributed by atoms with Crippen LogP contribution in [-0.4, -0.2) is 0 Å². The number of hydrogen-bond donors (Lipinski definition) is 1. The summed E-state index contributed by atoms with van der Waals surface area (Å²) in [5.41, 5.74) is 6.69. The molecule has 0 amide bonds. The van der Waals surface area contributed by atoms with Crippen LogP contribution in [0.3, 0.4) is 0 Å². The molecule has 0 spiro atoms. The molecule has 0 unspecified atom stereocenters. The second-order valence-corrected chi connectivity index (χ2v) is 5.60. The van der Waals surface area contributed by atoms with E-state index in [0.717, 1.165) is 17.1 Å². The largest absolute Gasteiger partial charge is 0.294 e. The Kier molecular flexibility index (Phi) is 3.86. The Morgan fingerprint density at radius 2 is 1.33 bits per heavy atom. The fourth-order valence-electron chi connectivity index (χ4n) is 2.76. The van der Waals surface area contributed by atoms with Gasteiger partial charge in [0.05, 0.1) is 17.1 Å². The molecule has 4 aromatic carbocycles. The van der Waals surface area contributed by atoms with Gasteiger partial charge in [0.25, 0.3) is 0 Å². The first-order chi connectivity index (χ1) is 11.9. The second kappa shape index (κ2) is 6.47. The second-order valence-electron chi connectivity index (χ2n) is 5.60. The van der Waals surface area contributed by atoms with Crippen molar-refractivity contribution >= 4 is 27.8 Å². The van der Waals surface area contributed by atoms with Gasteiger partial charge in [-0.15, -0.1) is 0 Å². The van der Waals surface area contributed by atoms with Gasteiger partial charge in [0.1, 0.15) is 0 Å². The zero-order valence-electron chi connectivity index (χ0n) is 13.2. The standard InChI is InChI=1S/C22H17N2/c1-3-11-20(12-4-1)23-24(21-13-5-2-6-14-21)22-16-15-18-9-7-8-10-19(18)17-22/h1,3-17,23H. The highest BCUT2D eigenvalue weighted by Gasteiger charge is 2.10. The quantitative estimate of drug-likeness (QED) is 0.479. The van der Waals surface area contributed by atoms with Crippen LogP contribution in [0.5, 0.6) is 0 Å². The summed E-state index contributed by atoms with van der Waals surface area (Å²) in [5.74, 6) is 0. The molecule has 2 nitrogen and oxygen atoms in total. The number of benzene rings is 4. The van der Waals surface area contributed by atoms with E-state index in [1.165, 1.54) is 10.8 Å². The maximum absolute atomic E-state index is 3.50. The highest BCUT2D eigenvalue weighted by Crippen LogP contribution is 2.29. The topological polar surface area (TPSA) is 15.3 Å². The molecule has 0 heterocycles. The molecule has 2 heteroatoms. The summed E-state index contributed by atoms with van der Waals surface area (Å²) < 4.78 is 0. The highest BCUT2D eigenvalue weighted by molar-refractivity contribution is 5.87. The SMILES string of the molecule is [c]1ccc(N(Nc2ccccc2)c2ccc3ccccc3c2)cc1. The molecule has 0 atom stereocenters. The Hall–Kier alpha value is -3.26. The first-order valence-electron chi connectivity index (χ1n) is 7.97. The van der Waals surface area contributed by atoms with Crippen LogP contribution in [0.25, 0.3) is 10.8 Å². The normalized spacial score (nSPS) is 10.5. The zero-order valence-corrected chi connectivity index (χ0v) is 13.2. The van der Waals surface area contributed by atoms with Gasteiger partial charge in [-0.25, -0.2) is 0 Å². The molecular formula is C22H17N2. The van der Waals surface area contributed by atoms with Crippen molar-refractivity contribution < 1.29 is 0 Å². The summed E-state index contributed by atoms with van der Waals surface area (Å²) in [6, 6.07) is 36.1. The fourth-order valence-corrected chi connectivity index (χ4v) is 2.76. The zero-order chi connectivity index (χ0) is 16.2. The molecule has 4 rings (SSSR count). The fraction of sp³-hybridized carbons (Fsp3) is 0. The summed E-state index contributed by atoms with van der Waals surface area (Å²) in [4.78, 5) is 0. The Morgan fingerprint density at radius 1 is 0.625 bits per heavy atom. The molecule has 0 aromatic heterocycles. The molecule has 1 N–H and O–H groups in total. The molecule has 4 aromatic rings. The summed E-state index contributed by atoms with van der Waals surface area (Å²) in [6.45, 7) is 0. The number of rotatable bonds is 4. The van der Waals surface area contributed by atoms with Crippen molar-refractivity contribution in [3.8, 4) is 0 Å². The molecule has 0 aliphatic carbocycles. The lowest BCUT2D eigenvalue weighted by Crippen LogP contribution is -2.24. The van der Waals surface area contributed by atoms with Gasteiger partial charge in [-0.3, -0.25) is 10.4 Å². The van der Waals surface area contributed by atoms with Gasteiger partial charge in [0.15, 0.2) is 0 Å². The van der Waals surface area contributed by atoms with E-state index in [9.17, 15) is 0 Å². The lowest BCUT2D eigenvalue weighted by molar-refractivity contribution is 1.17. The minimum absolute atomic E-state index is 1.04. The molecule has 0 bridgehead atoms. The summed E-state index contributed by atoms with van der Waals surface area (Å²) in [5, 5.41) is 4.55. The average Bonchev–Trinajstić information content (AvgIpc) is 2.67. The van der Waals surface area contributed by atoms with Gasteiger partial charge in [-0.2, -0.15) is 0 Å². The highest BCUT2D eigenvalue weighted by atomic mass is 15.5. The van der Waals surface area contributed by atoms with Crippen LogP contribution >= 0.6 is 0 Å². The maximum Gasteiger partial charge on any atom is 0.0636 e. The van der Waals surface area contributed by atoms with Gasteiger partial charge in [0.2, 0.25) is 0 Å². The minimum atomic E-state index is 1.04. The summed E-state index contributed by atoms with van der Waals surface area (Å²) in [6.07, 6.45) is 0. The number of anilines is 3. The molecule has 0 aliphatic heterocycles. The average molecular weight is 309 g/mol. The minimum Gasteiger partial charge on any atom is -0.294 e. The van der Waals surface area contributed by atoms with Crippen LogP contribution < -0.4 is 10.4 Å². The molecular weight excluding hydrogens is 292 g/mol. The van der Waals surface area contributed by atoms with Gasteiger partial charge in [-0.05, 0) is 53.2 Å². The van der Waals surface area contributed by atoms with E-state index in [1.54, 1.807) is 0 Å². The summed E-state index contributed by atoms with van der Waals surface area (Å²) >= 11 is 0. The van der Waals surface area contributed by atoms with Gasteiger partial charge < -0.3 is 0 Å². The molecule has 0 saturated heterocycles. The third-order valence-corrected chi connectivity index (χ3v) is 3.96. The number of nitrogens with zero attached hydrogens (tertiary/aromatic N) is 1. The van der Waals surface area contributed by atoms with Crippen molar-refractivity contribution in [2.45, 2.75) is 0 Å². The first-order valence-corrected chi connectivity index (χ1v) is 7.97. The van der Waals surface area contributed by atoms with E-state index in [4.69, 9.17) is 0 Å². The van der Waals surface area contributed by atoms with Crippen LogP contribution in [0.2, 0.25) is 0 Å². The van der Waals surface area contributed by atoms with E-state index in [0.29, 0.717) is 0 Å². The molecule has 0 aliphatic rings.